The average Bonchev–Trinajstić information content (AvgIpc) is 3.45. The molecule has 2 aromatic heterocycles. The van der Waals surface area contributed by atoms with Gasteiger partial charge in [-0.1, -0.05) is 18.2 Å². The van der Waals surface area contributed by atoms with Gasteiger partial charge in [0.25, 0.3) is 0 Å². The lowest BCUT2D eigenvalue weighted by molar-refractivity contribution is -0.142. The van der Waals surface area contributed by atoms with E-state index in [1.165, 1.54) is 0 Å². The van der Waals surface area contributed by atoms with Crippen LogP contribution in [0, 0.1) is 23.4 Å². The SMILES string of the molecule is CCN1C(=O)C(CC=Cc2cnc3c(c2)C[C@@]2(C3)C(=O)Nc3ncccc32)CC(c2cc(F)cc(F)c2F)C1C. The molecule has 9 heteroatoms. The summed E-state index contributed by atoms with van der Waals surface area (Å²) in [4.78, 5) is 36.8. The first-order valence-electron chi connectivity index (χ1n) is 13.6. The van der Waals surface area contributed by atoms with Crippen LogP contribution in [0.4, 0.5) is 19.0 Å². The Morgan fingerprint density at radius 2 is 1.98 bits per heavy atom. The number of amides is 2. The Morgan fingerprint density at radius 1 is 1.15 bits per heavy atom. The molecule has 1 fully saturated rings. The number of likely N-dealkylation sites (N-methyl/N-ethyl adjacent to an activating group) is 1. The van der Waals surface area contributed by atoms with E-state index in [-0.39, 0.29) is 23.8 Å². The highest BCUT2D eigenvalue weighted by atomic mass is 19.2. The summed E-state index contributed by atoms with van der Waals surface area (Å²) >= 11 is 0. The topological polar surface area (TPSA) is 75.2 Å². The van der Waals surface area contributed by atoms with Crippen LogP contribution < -0.4 is 5.32 Å². The van der Waals surface area contributed by atoms with Crippen molar-refractivity contribution >= 4 is 23.7 Å². The Kier molecular flexibility index (Phi) is 6.47. The zero-order valence-electron chi connectivity index (χ0n) is 22.3. The standard InChI is InChI=1S/C31H29F3N4O2/c1-3-38-17(2)22(23-12-21(32)13-25(33)27(23)34)11-19(29(38)39)7-4-6-18-10-20-14-31(15-26(20)36-16-18)24-8-5-9-35-28(24)37-30(31)40/h4-6,8-10,12-13,16-17,19,22H,3,7,11,14-15H2,1-2H3,(H,35,37,40)/t17?,19?,22?,31-/m0/s1. The van der Waals surface area contributed by atoms with E-state index in [1.807, 2.05) is 37.3 Å². The zero-order chi connectivity index (χ0) is 28.2. The number of anilines is 1. The number of carbonyl (C=O) groups is 2. The average molecular weight is 547 g/mol. The van der Waals surface area contributed by atoms with Crippen LogP contribution in [0.1, 0.15) is 60.6 Å². The Hall–Kier alpha value is -4.01. The lowest BCUT2D eigenvalue weighted by Gasteiger charge is -2.42. The normalized spacial score (nSPS) is 25.5. The minimum Gasteiger partial charge on any atom is -0.339 e. The molecule has 3 unspecified atom stereocenters. The van der Waals surface area contributed by atoms with E-state index in [2.05, 4.69) is 15.3 Å². The van der Waals surface area contributed by atoms with E-state index < -0.39 is 40.7 Å². The second-order valence-electron chi connectivity index (χ2n) is 11.0. The van der Waals surface area contributed by atoms with Gasteiger partial charge in [-0.3, -0.25) is 14.6 Å². The molecule has 1 saturated heterocycles. The molecule has 2 aliphatic heterocycles. The number of pyridine rings is 2. The summed E-state index contributed by atoms with van der Waals surface area (Å²) in [6.45, 7) is 4.05. The molecule has 4 heterocycles. The van der Waals surface area contributed by atoms with Crippen LogP contribution >= 0.6 is 0 Å². The summed E-state index contributed by atoms with van der Waals surface area (Å²) in [6, 6.07) is 6.98. The maximum atomic E-state index is 14.7. The molecule has 1 N–H and O–H groups in total. The van der Waals surface area contributed by atoms with Gasteiger partial charge in [0.15, 0.2) is 11.6 Å². The first-order chi connectivity index (χ1) is 19.2. The highest BCUT2D eigenvalue weighted by Gasteiger charge is 2.51. The molecule has 4 atom stereocenters. The van der Waals surface area contributed by atoms with Crippen molar-refractivity contribution in [3.8, 4) is 0 Å². The van der Waals surface area contributed by atoms with Crippen molar-refractivity contribution in [3.05, 3.63) is 94.2 Å². The van der Waals surface area contributed by atoms with Crippen molar-refractivity contribution in [2.45, 2.75) is 56.9 Å². The second-order valence-corrected chi connectivity index (χ2v) is 11.0. The third-order valence-electron chi connectivity index (χ3n) is 8.77. The fraction of sp³-hybridized carbons (Fsp3) is 0.355. The molecule has 3 aliphatic rings. The molecular weight excluding hydrogens is 517 g/mol. The van der Waals surface area contributed by atoms with Gasteiger partial charge in [0.2, 0.25) is 11.8 Å². The minimum atomic E-state index is -1.22. The minimum absolute atomic E-state index is 0.0330. The van der Waals surface area contributed by atoms with Gasteiger partial charge in [-0.25, -0.2) is 18.2 Å². The summed E-state index contributed by atoms with van der Waals surface area (Å²) in [5, 5.41) is 2.90. The Morgan fingerprint density at radius 3 is 2.77 bits per heavy atom. The van der Waals surface area contributed by atoms with Crippen LogP contribution in [0.5, 0.6) is 0 Å². The fourth-order valence-electron chi connectivity index (χ4n) is 6.72. The molecule has 1 spiro atoms. The third kappa shape index (κ3) is 4.19. The second kappa shape index (κ2) is 9.87. The Balaban J connectivity index is 1.20. The quantitative estimate of drug-likeness (QED) is 0.440. The lowest BCUT2D eigenvalue weighted by atomic mass is 9.77. The van der Waals surface area contributed by atoms with Gasteiger partial charge < -0.3 is 10.2 Å². The van der Waals surface area contributed by atoms with Gasteiger partial charge >= 0.3 is 0 Å². The molecule has 206 valence electrons. The van der Waals surface area contributed by atoms with Gasteiger partial charge in [-0.05, 0) is 68.0 Å². The number of likely N-dealkylation sites (tertiary alicyclic amines) is 1. The largest absolute Gasteiger partial charge is 0.339 e. The van der Waals surface area contributed by atoms with Crippen molar-refractivity contribution in [2.24, 2.45) is 5.92 Å². The number of aromatic nitrogens is 2. The van der Waals surface area contributed by atoms with Gasteiger partial charge in [0.05, 0.1) is 5.41 Å². The van der Waals surface area contributed by atoms with E-state index in [0.29, 0.717) is 37.7 Å². The van der Waals surface area contributed by atoms with Crippen molar-refractivity contribution in [1.29, 1.82) is 0 Å². The molecule has 6 nitrogen and oxygen atoms in total. The van der Waals surface area contributed by atoms with Gasteiger partial charge in [0, 0.05) is 60.6 Å². The van der Waals surface area contributed by atoms with Crippen LogP contribution in [0.2, 0.25) is 0 Å². The number of hydrogen-bond donors (Lipinski definition) is 1. The summed E-state index contributed by atoms with van der Waals surface area (Å²) < 4.78 is 42.7. The van der Waals surface area contributed by atoms with Crippen LogP contribution in [-0.2, 0) is 27.8 Å². The van der Waals surface area contributed by atoms with E-state index in [0.717, 1.165) is 28.5 Å². The number of benzene rings is 1. The molecule has 0 radical (unpaired) electrons. The fourth-order valence-corrected chi connectivity index (χ4v) is 6.72. The molecule has 2 amide bonds. The summed E-state index contributed by atoms with van der Waals surface area (Å²) in [7, 11) is 0. The molecule has 0 saturated carbocycles. The molecule has 6 rings (SSSR count). The van der Waals surface area contributed by atoms with E-state index >= 15 is 0 Å². The van der Waals surface area contributed by atoms with Crippen LogP contribution in [-0.4, -0.2) is 39.3 Å². The monoisotopic (exact) mass is 546 g/mol. The van der Waals surface area contributed by atoms with Crippen LogP contribution in [0.3, 0.4) is 0 Å². The Bertz CT molecular complexity index is 1560. The Labute approximate surface area is 230 Å². The first kappa shape index (κ1) is 26.2. The number of halogens is 3. The summed E-state index contributed by atoms with van der Waals surface area (Å²) in [5.74, 6) is -3.62. The number of piperidine rings is 1. The number of nitrogens with one attached hydrogen (secondary N) is 1. The van der Waals surface area contributed by atoms with Crippen LogP contribution in [0.25, 0.3) is 6.08 Å². The third-order valence-corrected chi connectivity index (χ3v) is 8.77. The molecule has 0 bridgehead atoms. The number of fused-ring (bicyclic) bond motifs is 3. The van der Waals surface area contributed by atoms with Crippen molar-refractivity contribution in [1.82, 2.24) is 14.9 Å². The predicted molar refractivity (Wildman–Crippen MR) is 144 cm³/mol. The molecular formula is C31H29F3N4O2. The number of carbonyl (C=O) groups excluding carboxylic acids is 2. The molecule has 1 aliphatic carbocycles. The number of nitrogens with zero attached hydrogens (tertiary/aromatic N) is 3. The van der Waals surface area contributed by atoms with Gasteiger partial charge in [-0.15, -0.1) is 0 Å². The van der Waals surface area contributed by atoms with E-state index in [4.69, 9.17) is 0 Å². The smallest absolute Gasteiger partial charge is 0.237 e. The van der Waals surface area contributed by atoms with E-state index in [9.17, 15) is 22.8 Å². The lowest BCUT2D eigenvalue weighted by Crippen LogP contribution is -2.50. The molecule has 3 aromatic rings. The summed E-state index contributed by atoms with van der Waals surface area (Å²) in [6.07, 6.45) is 8.91. The first-order valence-corrected chi connectivity index (χ1v) is 13.6. The summed E-state index contributed by atoms with van der Waals surface area (Å²) in [5.41, 5.74) is 2.89. The highest BCUT2D eigenvalue weighted by Crippen LogP contribution is 2.46. The van der Waals surface area contributed by atoms with Gasteiger partial charge in [0.1, 0.15) is 11.6 Å². The maximum Gasteiger partial charge on any atom is 0.237 e. The van der Waals surface area contributed by atoms with Crippen molar-refractivity contribution in [2.75, 3.05) is 11.9 Å². The van der Waals surface area contributed by atoms with Gasteiger partial charge in [-0.2, -0.15) is 0 Å². The number of rotatable bonds is 5. The number of allylic oxidation sites excluding steroid dienone is 1. The number of hydrogen-bond acceptors (Lipinski definition) is 4. The zero-order valence-corrected chi connectivity index (χ0v) is 22.3. The molecule has 1 aromatic carbocycles. The van der Waals surface area contributed by atoms with Crippen molar-refractivity contribution < 1.29 is 22.8 Å². The van der Waals surface area contributed by atoms with Crippen molar-refractivity contribution in [3.63, 3.8) is 0 Å². The maximum absolute atomic E-state index is 14.7. The van der Waals surface area contributed by atoms with E-state index in [1.54, 1.807) is 24.2 Å². The predicted octanol–water partition coefficient (Wildman–Crippen LogP) is 5.33. The molecule has 40 heavy (non-hydrogen) atoms. The highest BCUT2D eigenvalue weighted by molar-refractivity contribution is 6.06. The van der Waals surface area contributed by atoms with Crippen LogP contribution in [0.15, 0.2) is 48.8 Å².